The number of aliphatic carboxylic acids is 1. The Bertz CT molecular complexity index is 474. The monoisotopic (exact) mass is 257 g/mol. The van der Waals surface area contributed by atoms with E-state index in [1.807, 2.05) is 0 Å². The molecule has 0 aromatic heterocycles. The number of ketones is 1. The molecule has 18 heavy (non-hydrogen) atoms. The van der Waals surface area contributed by atoms with E-state index in [0.29, 0.717) is 0 Å². The average molecular weight is 257 g/mol. The Morgan fingerprint density at radius 1 is 1.28 bits per heavy atom. The zero-order chi connectivity index (χ0) is 13.9. The Labute approximate surface area is 103 Å². The van der Waals surface area contributed by atoms with Crippen LogP contribution in [0.1, 0.15) is 16.8 Å². The van der Waals surface area contributed by atoms with E-state index in [0.717, 1.165) is 18.2 Å². The van der Waals surface area contributed by atoms with Crippen LogP contribution < -0.4 is 0 Å². The summed E-state index contributed by atoms with van der Waals surface area (Å²) < 4.78 is 25.8. The Hall–Kier alpha value is -1.82. The molecule has 0 saturated carbocycles. The van der Waals surface area contributed by atoms with Gasteiger partial charge in [-0.3, -0.25) is 14.5 Å². The summed E-state index contributed by atoms with van der Waals surface area (Å²) >= 11 is 0. The lowest BCUT2D eigenvalue weighted by Gasteiger charge is -2.21. The second-order valence-corrected chi connectivity index (χ2v) is 4.07. The molecular weight excluding hydrogens is 244 g/mol. The van der Waals surface area contributed by atoms with Crippen LogP contribution in [0.15, 0.2) is 18.2 Å². The Kier molecular flexibility index (Phi) is 4.49. The summed E-state index contributed by atoms with van der Waals surface area (Å²) in [5.74, 6) is -3.87. The third-order valence-electron chi connectivity index (χ3n) is 2.50. The smallest absolute Gasteiger partial charge is 0.305 e. The van der Waals surface area contributed by atoms with Crippen LogP contribution in [0, 0.1) is 11.6 Å². The van der Waals surface area contributed by atoms with E-state index in [1.165, 1.54) is 4.90 Å². The number of likely N-dealkylation sites (N-methyl/N-ethyl adjacent to an activating group) is 1. The molecule has 0 aliphatic rings. The van der Waals surface area contributed by atoms with Crippen molar-refractivity contribution in [2.75, 3.05) is 14.1 Å². The van der Waals surface area contributed by atoms with E-state index in [4.69, 9.17) is 5.11 Å². The van der Waals surface area contributed by atoms with Crippen molar-refractivity contribution >= 4 is 11.8 Å². The standard InChI is InChI=1S/C12H13F2NO3/c1-15(2)10(6-11(16)17)12(18)7-3-4-8(13)9(14)5-7/h3-5,10H,6H2,1-2H3,(H,16,17). The number of Topliss-reactive ketones (excluding diaryl/α,β-unsaturated/α-hetero) is 1. The first-order valence-electron chi connectivity index (χ1n) is 5.20. The zero-order valence-electron chi connectivity index (χ0n) is 9.98. The van der Waals surface area contributed by atoms with Gasteiger partial charge in [-0.05, 0) is 32.3 Å². The number of carboxylic acids is 1. The van der Waals surface area contributed by atoms with Crippen LogP contribution in [0.5, 0.6) is 0 Å². The summed E-state index contributed by atoms with van der Waals surface area (Å²) in [6.07, 6.45) is -0.398. The largest absolute Gasteiger partial charge is 0.481 e. The van der Waals surface area contributed by atoms with E-state index in [1.54, 1.807) is 14.1 Å². The van der Waals surface area contributed by atoms with Crippen molar-refractivity contribution in [2.24, 2.45) is 0 Å². The molecule has 0 fully saturated rings. The van der Waals surface area contributed by atoms with Crippen molar-refractivity contribution in [3.63, 3.8) is 0 Å². The van der Waals surface area contributed by atoms with Gasteiger partial charge in [-0.15, -0.1) is 0 Å². The number of carboxylic acid groups (broad SMARTS) is 1. The van der Waals surface area contributed by atoms with Crippen LogP contribution in [-0.4, -0.2) is 41.9 Å². The van der Waals surface area contributed by atoms with Gasteiger partial charge >= 0.3 is 5.97 Å². The summed E-state index contributed by atoms with van der Waals surface area (Å²) in [7, 11) is 3.09. The fraction of sp³-hybridized carbons (Fsp3) is 0.333. The molecular formula is C12H13F2NO3. The van der Waals surface area contributed by atoms with Gasteiger partial charge in [0.05, 0.1) is 12.5 Å². The predicted molar refractivity (Wildman–Crippen MR) is 60.4 cm³/mol. The highest BCUT2D eigenvalue weighted by Crippen LogP contribution is 2.14. The lowest BCUT2D eigenvalue weighted by molar-refractivity contribution is -0.137. The van der Waals surface area contributed by atoms with Crippen molar-refractivity contribution < 1.29 is 23.5 Å². The maximum absolute atomic E-state index is 13.0. The molecule has 1 rings (SSSR count). The van der Waals surface area contributed by atoms with Gasteiger partial charge in [0.15, 0.2) is 17.4 Å². The highest BCUT2D eigenvalue weighted by Gasteiger charge is 2.25. The van der Waals surface area contributed by atoms with Gasteiger partial charge in [0.25, 0.3) is 0 Å². The molecule has 6 heteroatoms. The van der Waals surface area contributed by atoms with Crippen molar-refractivity contribution in [2.45, 2.75) is 12.5 Å². The first-order valence-corrected chi connectivity index (χ1v) is 5.20. The third kappa shape index (κ3) is 3.33. The average Bonchev–Trinajstić information content (AvgIpc) is 2.28. The predicted octanol–water partition coefficient (Wildman–Crippen LogP) is 1.55. The topological polar surface area (TPSA) is 57.6 Å². The minimum Gasteiger partial charge on any atom is -0.481 e. The van der Waals surface area contributed by atoms with Crippen molar-refractivity contribution in [3.8, 4) is 0 Å². The third-order valence-corrected chi connectivity index (χ3v) is 2.50. The SMILES string of the molecule is CN(C)C(CC(=O)O)C(=O)c1ccc(F)c(F)c1. The molecule has 0 spiro atoms. The molecule has 1 N–H and O–H groups in total. The minimum absolute atomic E-state index is 0.0474. The van der Waals surface area contributed by atoms with Crippen LogP contribution >= 0.6 is 0 Å². The Morgan fingerprint density at radius 2 is 1.89 bits per heavy atom. The van der Waals surface area contributed by atoms with Crippen molar-refractivity contribution in [1.82, 2.24) is 4.90 Å². The lowest BCUT2D eigenvalue weighted by Crippen LogP contribution is -2.37. The molecule has 1 atom stereocenters. The van der Waals surface area contributed by atoms with Crippen LogP contribution in [-0.2, 0) is 4.79 Å². The van der Waals surface area contributed by atoms with E-state index in [9.17, 15) is 18.4 Å². The van der Waals surface area contributed by atoms with Gasteiger partial charge < -0.3 is 5.11 Å². The highest BCUT2D eigenvalue weighted by atomic mass is 19.2. The number of halogens is 2. The van der Waals surface area contributed by atoms with Gasteiger partial charge in [0, 0.05) is 5.56 Å². The summed E-state index contributed by atoms with van der Waals surface area (Å²) in [4.78, 5) is 24.1. The number of nitrogens with zero attached hydrogens (tertiary/aromatic N) is 1. The van der Waals surface area contributed by atoms with Crippen LogP contribution in [0.2, 0.25) is 0 Å². The fourth-order valence-electron chi connectivity index (χ4n) is 1.52. The van der Waals surface area contributed by atoms with Gasteiger partial charge in [0.2, 0.25) is 0 Å². The van der Waals surface area contributed by atoms with Crippen LogP contribution in [0.4, 0.5) is 8.78 Å². The molecule has 0 radical (unpaired) electrons. The van der Waals surface area contributed by atoms with E-state index < -0.39 is 35.8 Å². The first-order chi connectivity index (χ1) is 8.32. The fourth-order valence-corrected chi connectivity index (χ4v) is 1.52. The number of carbonyl (C=O) groups is 2. The molecule has 1 aromatic carbocycles. The minimum atomic E-state index is -1.13. The molecule has 0 saturated heterocycles. The summed E-state index contributed by atoms with van der Waals surface area (Å²) in [5.41, 5.74) is -0.0474. The Morgan fingerprint density at radius 3 is 2.33 bits per heavy atom. The normalized spacial score (nSPS) is 12.5. The maximum Gasteiger partial charge on any atom is 0.305 e. The molecule has 0 aliphatic heterocycles. The molecule has 0 bridgehead atoms. The second-order valence-electron chi connectivity index (χ2n) is 4.07. The Balaban J connectivity index is 3.02. The van der Waals surface area contributed by atoms with Crippen LogP contribution in [0.25, 0.3) is 0 Å². The first kappa shape index (κ1) is 14.2. The van der Waals surface area contributed by atoms with Crippen LogP contribution in [0.3, 0.4) is 0 Å². The van der Waals surface area contributed by atoms with E-state index >= 15 is 0 Å². The molecule has 0 aliphatic carbocycles. The van der Waals surface area contributed by atoms with Gasteiger partial charge in [-0.2, -0.15) is 0 Å². The number of hydrogen-bond acceptors (Lipinski definition) is 3. The highest BCUT2D eigenvalue weighted by molar-refractivity contribution is 6.01. The summed E-state index contributed by atoms with van der Waals surface area (Å²) in [6, 6.07) is 1.85. The molecule has 4 nitrogen and oxygen atoms in total. The molecule has 0 amide bonds. The molecule has 0 heterocycles. The second kappa shape index (κ2) is 5.68. The molecule has 1 unspecified atom stereocenters. The number of hydrogen-bond donors (Lipinski definition) is 1. The van der Waals surface area contributed by atoms with Crippen molar-refractivity contribution in [3.05, 3.63) is 35.4 Å². The molecule has 98 valence electrons. The van der Waals surface area contributed by atoms with E-state index in [2.05, 4.69) is 0 Å². The number of rotatable bonds is 5. The summed E-state index contributed by atoms with van der Waals surface area (Å²) in [5, 5.41) is 8.71. The quantitative estimate of drug-likeness (QED) is 0.813. The van der Waals surface area contributed by atoms with E-state index in [-0.39, 0.29) is 5.56 Å². The summed E-state index contributed by atoms with van der Waals surface area (Å²) in [6.45, 7) is 0. The molecule has 1 aromatic rings. The van der Waals surface area contributed by atoms with Gasteiger partial charge in [-0.1, -0.05) is 0 Å². The number of benzene rings is 1. The van der Waals surface area contributed by atoms with Gasteiger partial charge in [-0.25, -0.2) is 8.78 Å². The zero-order valence-corrected chi connectivity index (χ0v) is 9.98. The van der Waals surface area contributed by atoms with Crippen molar-refractivity contribution in [1.29, 1.82) is 0 Å². The maximum atomic E-state index is 13.0. The lowest BCUT2D eigenvalue weighted by atomic mass is 10.0. The number of carbonyl (C=O) groups excluding carboxylic acids is 1. The van der Waals surface area contributed by atoms with Gasteiger partial charge in [0.1, 0.15) is 0 Å².